The van der Waals surface area contributed by atoms with Gasteiger partial charge in [-0.1, -0.05) is 0 Å². The van der Waals surface area contributed by atoms with Crippen LogP contribution in [0.2, 0.25) is 0 Å². The summed E-state index contributed by atoms with van der Waals surface area (Å²) in [6.07, 6.45) is -38.7. The summed E-state index contributed by atoms with van der Waals surface area (Å²) in [5, 5.41) is 153. The normalized spacial score (nSPS) is 35.1. The lowest BCUT2D eigenvalue weighted by Crippen LogP contribution is -2.73. The lowest BCUT2D eigenvalue weighted by molar-refractivity contribution is -0.386. The van der Waals surface area contributed by atoms with Crippen LogP contribution < -0.4 is 49.1 Å². The third kappa shape index (κ3) is 18.4. The van der Waals surface area contributed by atoms with Crippen molar-refractivity contribution in [3.8, 4) is 0 Å². The van der Waals surface area contributed by atoms with Crippen molar-refractivity contribution < 1.29 is 138 Å². The number of carbonyl (C=O) groups excluding carboxylic acids is 6. The lowest BCUT2D eigenvalue weighted by atomic mass is 9.88. The van der Waals surface area contributed by atoms with Gasteiger partial charge in [0.2, 0.25) is 35.4 Å². The number of aliphatic hydroxyl groups excluding tert-OH is 11. The van der Waals surface area contributed by atoms with E-state index in [4.69, 9.17) is 50.4 Å². The molecule has 84 heavy (non-hydrogen) atoms. The van der Waals surface area contributed by atoms with Gasteiger partial charge >= 0.3 is 11.9 Å². The summed E-state index contributed by atoms with van der Waals surface area (Å²) in [5.74, 6) is -13.2. The van der Waals surface area contributed by atoms with E-state index in [1.807, 2.05) is 0 Å². The van der Waals surface area contributed by atoms with Gasteiger partial charge in [-0.15, -0.1) is 0 Å². The summed E-state index contributed by atoms with van der Waals surface area (Å²) >= 11 is 0. The van der Waals surface area contributed by atoms with E-state index in [-0.39, 0.29) is 25.3 Å². The molecule has 38 nitrogen and oxygen atoms in total. The van der Waals surface area contributed by atoms with Gasteiger partial charge in [-0.3, -0.25) is 38.6 Å². The summed E-state index contributed by atoms with van der Waals surface area (Å²) in [6.45, 7) is 0.120. The zero-order chi connectivity index (χ0) is 63.2. The number of hydrogen-bond acceptors (Lipinski definition) is 28. The predicted molar refractivity (Wildman–Crippen MR) is 271 cm³/mol. The van der Waals surface area contributed by atoms with E-state index in [0.717, 1.165) is 20.8 Å². The summed E-state index contributed by atoms with van der Waals surface area (Å²) in [4.78, 5) is 107. The molecule has 0 aromatic rings. The molecule has 4 aliphatic heterocycles. The second-order valence-electron chi connectivity index (χ2n) is 20.3. The maximum absolute atomic E-state index is 14.0. The molecule has 0 radical (unpaired) electrons. The molecule has 4 saturated heterocycles. The second-order valence-corrected chi connectivity index (χ2v) is 20.3. The Morgan fingerprint density at radius 2 is 1.33 bits per heavy atom. The molecule has 480 valence electrons. The highest BCUT2D eigenvalue weighted by atomic mass is 16.8. The van der Waals surface area contributed by atoms with Gasteiger partial charge in [0.15, 0.2) is 24.8 Å². The van der Waals surface area contributed by atoms with Crippen LogP contribution in [0.5, 0.6) is 0 Å². The number of carboxylic acid groups (broad SMARTS) is 2. The van der Waals surface area contributed by atoms with Crippen molar-refractivity contribution in [1.82, 2.24) is 31.9 Å². The van der Waals surface area contributed by atoms with E-state index in [0.29, 0.717) is 0 Å². The third-order valence-electron chi connectivity index (χ3n) is 13.8. The molecule has 4 aliphatic rings. The fourth-order valence-electron chi connectivity index (χ4n) is 9.36. The molecular weight excluding hydrogens is 1140 g/mol. The van der Waals surface area contributed by atoms with Crippen LogP contribution in [-0.4, -0.2) is 299 Å². The number of carboxylic acids is 2. The van der Waals surface area contributed by atoms with E-state index in [2.05, 4.69) is 36.9 Å². The van der Waals surface area contributed by atoms with Crippen LogP contribution in [0.3, 0.4) is 0 Å². The number of ether oxygens (including phenoxy) is 7. The maximum atomic E-state index is 14.0. The number of nitrogens with one attached hydrogen (secondary N) is 6. The third-order valence-corrected chi connectivity index (χ3v) is 13.8. The molecule has 6 amide bonds. The number of nitrogens with zero attached hydrogens (tertiary/aromatic N) is 1. The Balaban J connectivity index is 1.67. The van der Waals surface area contributed by atoms with Crippen molar-refractivity contribution in [2.75, 3.05) is 32.9 Å². The van der Waals surface area contributed by atoms with Crippen LogP contribution in [0.25, 0.3) is 0 Å². The number of aliphatic carboxylic acids is 2. The van der Waals surface area contributed by atoms with E-state index in [1.165, 1.54) is 6.92 Å². The zero-order valence-corrected chi connectivity index (χ0v) is 45.8. The van der Waals surface area contributed by atoms with Crippen molar-refractivity contribution in [2.45, 2.75) is 200 Å². The Morgan fingerprint density at radius 3 is 1.90 bits per heavy atom. The average Bonchev–Trinajstić information content (AvgIpc) is 1.07. The summed E-state index contributed by atoms with van der Waals surface area (Å²) in [7, 11) is 0. The Hall–Kier alpha value is -5.73. The van der Waals surface area contributed by atoms with Crippen LogP contribution >= 0.6 is 0 Å². The first-order valence-corrected chi connectivity index (χ1v) is 26.2. The number of amides is 6. The Kier molecular flexibility index (Phi) is 26.6. The van der Waals surface area contributed by atoms with Gasteiger partial charge < -0.3 is 149 Å². The van der Waals surface area contributed by atoms with Crippen LogP contribution in [0, 0.1) is 0 Å². The summed E-state index contributed by atoms with van der Waals surface area (Å²) in [6, 6.07) is -8.25. The zero-order valence-electron chi connectivity index (χ0n) is 45.8. The van der Waals surface area contributed by atoms with Crippen molar-refractivity contribution in [2.24, 2.45) is 22.2 Å². The number of hydrogen-bond donors (Lipinski definition) is 22. The minimum atomic E-state index is -3.25. The maximum Gasteiger partial charge on any atom is 0.364 e. The van der Waals surface area contributed by atoms with Gasteiger partial charge in [-0.2, -0.15) is 0 Å². The highest BCUT2D eigenvalue weighted by Gasteiger charge is 2.61. The predicted octanol–water partition coefficient (Wildman–Crippen LogP) is -13.1. The largest absolute Gasteiger partial charge is 0.481 e. The van der Waals surface area contributed by atoms with Gasteiger partial charge in [0, 0.05) is 26.8 Å². The fourth-order valence-corrected chi connectivity index (χ4v) is 9.36. The van der Waals surface area contributed by atoms with E-state index in [9.17, 15) is 105 Å². The topological polar surface area (TPSA) is 627 Å². The molecule has 4 heterocycles. The molecule has 25 N–H and O–H groups in total. The van der Waals surface area contributed by atoms with Gasteiger partial charge in [0.1, 0.15) is 97.5 Å². The smallest absolute Gasteiger partial charge is 0.364 e. The van der Waals surface area contributed by atoms with Crippen molar-refractivity contribution in [1.29, 1.82) is 0 Å². The molecule has 0 spiro atoms. The fraction of sp³-hybridized carbons (Fsp3) is 0.804. The van der Waals surface area contributed by atoms with E-state index in [1.54, 1.807) is 0 Å². The van der Waals surface area contributed by atoms with Crippen LogP contribution in [-0.2, 0) is 71.5 Å². The minimum Gasteiger partial charge on any atom is -0.481 e. The van der Waals surface area contributed by atoms with Crippen molar-refractivity contribution in [3.05, 3.63) is 0 Å². The molecular formula is C46H78N10O28. The molecule has 0 unspecified atom stereocenters. The van der Waals surface area contributed by atoms with Gasteiger partial charge in [0.05, 0.1) is 57.1 Å². The van der Waals surface area contributed by atoms with Crippen molar-refractivity contribution >= 4 is 53.3 Å². The molecule has 0 aromatic heterocycles. The molecule has 38 heteroatoms. The number of guanidine groups is 1. The average molecular weight is 1220 g/mol. The molecule has 0 bridgehead atoms. The molecule has 0 saturated carbocycles. The van der Waals surface area contributed by atoms with Gasteiger partial charge in [-0.05, 0) is 26.7 Å². The van der Waals surface area contributed by atoms with E-state index < -0.39 is 233 Å². The molecule has 0 aliphatic carbocycles. The first-order valence-electron chi connectivity index (χ1n) is 26.2. The Morgan fingerprint density at radius 1 is 0.726 bits per heavy atom. The van der Waals surface area contributed by atoms with Crippen LogP contribution in [0.15, 0.2) is 4.99 Å². The first-order chi connectivity index (χ1) is 39.3. The van der Waals surface area contributed by atoms with Gasteiger partial charge in [-0.25, -0.2) is 4.79 Å². The highest BCUT2D eigenvalue weighted by molar-refractivity contribution is 5.95. The Bertz CT molecular complexity index is 2290. The monoisotopic (exact) mass is 1220 g/mol. The summed E-state index contributed by atoms with van der Waals surface area (Å²) in [5.41, 5.74) is 16.4. The lowest BCUT2D eigenvalue weighted by Gasteiger charge is -2.52. The van der Waals surface area contributed by atoms with E-state index >= 15 is 0 Å². The number of nitrogens with two attached hydrogens (primary N) is 3. The highest BCUT2D eigenvalue weighted by Crippen LogP contribution is 2.39. The summed E-state index contributed by atoms with van der Waals surface area (Å²) < 4.78 is 41.1. The van der Waals surface area contributed by atoms with Crippen LogP contribution in [0.1, 0.15) is 53.4 Å². The quantitative estimate of drug-likeness (QED) is 0.0196. The number of aliphatic imine (C=N–C) groups is 1. The second kappa shape index (κ2) is 31.6. The molecule has 4 fully saturated rings. The first kappa shape index (κ1) is 70.8. The molecule has 24 atom stereocenters. The van der Waals surface area contributed by atoms with Crippen molar-refractivity contribution in [3.63, 3.8) is 0 Å². The number of carbonyl (C=O) groups is 8. The standard InChI is InChI=1S/C46H78N10O28/c1-14(52-40(75)19(8-25(65)66)55-24(64)10-51-39(74)18(47)6-5-7-50-45(48)49)38(73)56-41-27(54-17(4)61)36(82-42-32(71)31(70)28(67)15(2)78-42)34(23(13-59)79-41)81-43-33(72)37(30(69)22(12-58)80-43)84-46(44(76)77)9-20(62)26(53-16(3)60)35(83-46)29(68)21(63)11-57/h14-15,18-23,26-37,41-43,57-59,62-63,67-72H,5-13,47H2,1-4H3,(H,51,74)(H,52,75)(H,53,60)(H,54,61)(H,55,64)(H,56,73)(H,65,66)(H,76,77)(H4,48,49,50)/t14-,15-,18-,19-,20+,21+,22-,23-,26+,27-,28+,29+,30-,31-,32-,33-,34+,35+,36+,37-,41+,42-,43-,46-/m0/s1. The number of aliphatic hydroxyl groups is 11. The number of rotatable bonds is 28. The Labute approximate surface area is 477 Å². The van der Waals surface area contributed by atoms with Gasteiger partial charge in [0.25, 0.3) is 5.79 Å². The molecule has 0 aromatic carbocycles. The van der Waals surface area contributed by atoms with Crippen LogP contribution in [0.4, 0.5) is 0 Å². The minimum absolute atomic E-state index is 0.0964. The molecule has 4 rings (SSSR count). The SMILES string of the molecule is CC(=O)N[C@H]1[C@H]([C@H](O)[C@H](O)CO)O[C@@](O[C@@H]2[C@H](O)[C@H](O[C@H]3[C@H](O[C@@H]4O[C@@H](C)[C@@H](O)[C@H](O)[C@@H]4O)[C@H](NC(C)=O)[C@H](NC(=O)[C@H](C)NC(=O)[C@H](CC(=O)O)NC(=O)CNC(=O)[C@@H](N)CCCN=C(N)N)O[C@H]3CO)O[C@@H](CO)[C@@H]2O)(C(=O)O)C[C@H]1O.